The van der Waals surface area contributed by atoms with Crippen molar-refractivity contribution in [1.82, 2.24) is 29.1 Å². The number of nitrogens with zero attached hydrogens (tertiary/aromatic N) is 6. The number of imidazole rings is 1. The first-order chi connectivity index (χ1) is 9.06. The van der Waals surface area contributed by atoms with Gasteiger partial charge in [-0.15, -0.1) is 5.10 Å². The van der Waals surface area contributed by atoms with E-state index in [-0.39, 0.29) is 5.69 Å². The maximum Gasteiger partial charge on any atom is 0.330 e. The molecule has 3 heterocycles. The summed E-state index contributed by atoms with van der Waals surface area (Å²) in [6.07, 6.45) is 3.46. The van der Waals surface area contributed by atoms with Crippen molar-refractivity contribution in [1.29, 1.82) is 0 Å². The molecule has 0 unspecified atom stereocenters. The normalized spacial score (nSPS) is 11.3. The number of aryl methyl sites for hydroxylation is 2. The van der Waals surface area contributed by atoms with E-state index >= 15 is 0 Å². The Hall–Kier alpha value is -1.96. The van der Waals surface area contributed by atoms with Gasteiger partial charge in [0.2, 0.25) is 0 Å². The van der Waals surface area contributed by atoms with Gasteiger partial charge >= 0.3 is 5.69 Å². The number of aromatic nitrogens is 6. The molecule has 3 aromatic heterocycles. The second-order valence-corrected chi connectivity index (χ2v) is 5.22. The molecule has 0 atom stereocenters. The van der Waals surface area contributed by atoms with E-state index in [1.54, 1.807) is 35.7 Å². The predicted octanol–water partition coefficient (Wildman–Crippen LogP) is 0.674. The van der Waals surface area contributed by atoms with Crippen LogP contribution in [0, 0.1) is 0 Å². The monoisotopic (exact) mass is 322 g/mol. The van der Waals surface area contributed by atoms with Crippen LogP contribution in [0.3, 0.4) is 0 Å². The first-order valence-electron chi connectivity index (χ1n) is 5.62. The number of fused-ring (bicyclic) bond motifs is 1. The van der Waals surface area contributed by atoms with Gasteiger partial charge in [0.25, 0.3) is 0 Å². The quantitative estimate of drug-likeness (QED) is 0.695. The summed E-state index contributed by atoms with van der Waals surface area (Å²) in [6, 6.07) is 1.88. The lowest BCUT2D eigenvalue weighted by atomic mass is 10.4. The molecular weight excluding hydrogens is 312 g/mol. The molecule has 19 heavy (non-hydrogen) atoms. The lowest BCUT2D eigenvalue weighted by molar-refractivity contribution is 0.702. The van der Waals surface area contributed by atoms with Crippen LogP contribution in [-0.4, -0.2) is 29.1 Å². The summed E-state index contributed by atoms with van der Waals surface area (Å²) < 4.78 is 5.60. The zero-order chi connectivity index (χ0) is 13.6. The Labute approximate surface area is 116 Å². The van der Waals surface area contributed by atoms with Gasteiger partial charge in [0.15, 0.2) is 5.65 Å². The van der Waals surface area contributed by atoms with Crippen LogP contribution in [0.5, 0.6) is 0 Å². The van der Waals surface area contributed by atoms with Crippen LogP contribution in [0.25, 0.3) is 11.2 Å². The fourth-order valence-electron chi connectivity index (χ4n) is 2.04. The third kappa shape index (κ3) is 1.97. The Kier molecular flexibility index (Phi) is 2.74. The Morgan fingerprint density at radius 3 is 2.84 bits per heavy atom. The van der Waals surface area contributed by atoms with E-state index in [2.05, 4.69) is 31.2 Å². The van der Waals surface area contributed by atoms with E-state index < -0.39 is 0 Å². The van der Waals surface area contributed by atoms with Crippen molar-refractivity contribution in [2.75, 3.05) is 0 Å². The standard InChI is InChI=1S/C11H11BrN6O/c1-16-5-8(14-15-16)6-18-9-3-7(12)4-13-10(9)17(2)11(18)19/h3-5H,6H2,1-2H3. The Bertz CT molecular complexity index is 814. The third-order valence-electron chi connectivity index (χ3n) is 2.91. The average molecular weight is 323 g/mol. The van der Waals surface area contributed by atoms with Gasteiger partial charge in [0.05, 0.1) is 12.1 Å². The third-order valence-corrected chi connectivity index (χ3v) is 3.34. The molecule has 3 rings (SSSR count). The van der Waals surface area contributed by atoms with Gasteiger partial charge in [-0.2, -0.15) is 0 Å². The second-order valence-electron chi connectivity index (χ2n) is 4.31. The van der Waals surface area contributed by atoms with Crippen molar-refractivity contribution in [3.05, 3.63) is 39.1 Å². The van der Waals surface area contributed by atoms with Crippen LogP contribution in [-0.2, 0) is 20.6 Å². The zero-order valence-corrected chi connectivity index (χ0v) is 12.0. The number of hydrogen-bond acceptors (Lipinski definition) is 4. The fourth-order valence-corrected chi connectivity index (χ4v) is 2.35. The molecule has 0 saturated carbocycles. The summed E-state index contributed by atoms with van der Waals surface area (Å²) in [5, 5.41) is 7.87. The van der Waals surface area contributed by atoms with Crippen molar-refractivity contribution in [3.8, 4) is 0 Å². The smallest absolute Gasteiger partial charge is 0.284 e. The Morgan fingerprint density at radius 1 is 1.37 bits per heavy atom. The molecule has 0 N–H and O–H groups in total. The van der Waals surface area contributed by atoms with Gasteiger partial charge in [-0.3, -0.25) is 13.8 Å². The van der Waals surface area contributed by atoms with E-state index in [1.165, 1.54) is 4.57 Å². The van der Waals surface area contributed by atoms with Crippen LogP contribution in [0.4, 0.5) is 0 Å². The molecule has 0 radical (unpaired) electrons. The molecule has 0 spiro atoms. The van der Waals surface area contributed by atoms with E-state index in [1.807, 2.05) is 6.07 Å². The SMILES string of the molecule is Cn1cc(Cn2c(=O)n(C)c3ncc(Br)cc32)nn1. The van der Waals surface area contributed by atoms with Gasteiger partial charge in [0.1, 0.15) is 5.69 Å². The van der Waals surface area contributed by atoms with Crippen molar-refractivity contribution >= 4 is 27.1 Å². The highest BCUT2D eigenvalue weighted by atomic mass is 79.9. The van der Waals surface area contributed by atoms with Crippen molar-refractivity contribution in [2.45, 2.75) is 6.54 Å². The van der Waals surface area contributed by atoms with Crippen molar-refractivity contribution in [3.63, 3.8) is 0 Å². The largest absolute Gasteiger partial charge is 0.330 e. The maximum absolute atomic E-state index is 12.2. The highest BCUT2D eigenvalue weighted by Gasteiger charge is 2.13. The molecule has 0 aliphatic carbocycles. The molecule has 0 saturated heterocycles. The lowest BCUT2D eigenvalue weighted by Crippen LogP contribution is -2.22. The maximum atomic E-state index is 12.2. The van der Waals surface area contributed by atoms with Crippen LogP contribution in [0.15, 0.2) is 27.7 Å². The molecular formula is C11H11BrN6O. The molecule has 0 fully saturated rings. The number of hydrogen-bond donors (Lipinski definition) is 0. The number of halogens is 1. The molecule has 0 amide bonds. The van der Waals surface area contributed by atoms with Gasteiger partial charge in [-0.25, -0.2) is 9.78 Å². The lowest BCUT2D eigenvalue weighted by Gasteiger charge is -1.99. The highest BCUT2D eigenvalue weighted by Crippen LogP contribution is 2.16. The molecule has 0 aromatic carbocycles. The van der Waals surface area contributed by atoms with Crippen LogP contribution in [0.2, 0.25) is 0 Å². The first-order valence-corrected chi connectivity index (χ1v) is 6.41. The molecule has 98 valence electrons. The van der Waals surface area contributed by atoms with Gasteiger partial charge in [-0.05, 0) is 22.0 Å². The molecule has 0 bridgehead atoms. The average Bonchev–Trinajstić information content (AvgIpc) is 2.88. The first kappa shape index (κ1) is 12.1. The summed E-state index contributed by atoms with van der Waals surface area (Å²) in [5.41, 5.74) is 2.04. The van der Waals surface area contributed by atoms with E-state index in [0.29, 0.717) is 12.2 Å². The van der Waals surface area contributed by atoms with E-state index in [0.717, 1.165) is 15.7 Å². The Balaban J connectivity index is 2.19. The predicted molar refractivity (Wildman–Crippen MR) is 72.8 cm³/mol. The van der Waals surface area contributed by atoms with Gasteiger partial charge in [0, 0.05) is 31.0 Å². The van der Waals surface area contributed by atoms with Gasteiger partial charge in [-0.1, -0.05) is 5.21 Å². The minimum atomic E-state index is -0.119. The summed E-state index contributed by atoms with van der Waals surface area (Å²) in [4.78, 5) is 16.5. The highest BCUT2D eigenvalue weighted by molar-refractivity contribution is 9.10. The number of rotatable bonds is 2. The summed E-state index contributed by atoms with van der Waals surface area (Å²) in [7, 11) is 3.50. The summed E-state index contributed by atoms with van der Waals surface area (Å²) in [5.74, 6) is 0. The second kappa shape index (κ2) is 4.30. The summed E-state index contributed by atoms with van der Waals surface area (Å²) >= 11 is 3.37. The van der Waals surface area contributed by atoms with E-state index in [4.69, 9.17) is 0 Å². The molecule has 0 aliphatic heterocycles. The zero-order valence-electron chi connectivity index (χ0n) is 10.4. The minimum absolute atomic E-state index is 0.119. The Morgan fingerprint density at radius 2 is 2.16 bits per heavy atom. The van der Waals surface area contributed by atoms with E-state index in [9.17, 15) is 4.79 Å². The fraction of sp³-hybridized carbons (Fsp3) is 0.273. The molecule has 0 aliphatic rings. The summed E-state index contributed by atoms with van der Waals surface area (Å²) in [6.45, 7) is 0.377. The van der Waals surface area contributed by atoms with Crippen LogP contribution < -0.4 is 5.69 Å². The molecule has 8 heteroatoms. The van der Waals surface area contributed by atoms with Crippen LogP contribution >= 0.6 is 15.9 Å². The molecule has 3 aromatic rings. The van der Waals surface area contributed by atoms with Gasteiger partial charge < -0.3 is 0 Å². The topological polar surface area (TPSA) is 70.5 Å². The van der Waals surface area contributed by atoms with Crippen molar-refractivity contribution < 1.29 is 0 Å². The number of pyridine rings is 1. The minimum Gasteiger partial charge on any atom is -0.284 e. The van der Waals surface area contributed by atoms with Crippen LogP contribution in [0.1, 0.15) is 5.69 Å². The van der Waals surface area contributed by atoms with Crippen molar-refractivity contribution in [2.24, 2.45) is 14.1 Å². The molecule has 7 nitrogen and oxygen atoms in total.